The number of carbonyl (C=O) groups excluding carboxylic acids is 2. The van der Waals surface area contributed by atoms with E-state index in [1.165, 1.54) is 17.3 Å². The molecular formula is C15H24O2S. The predicted octanol–water partition coefficient (Wildman–Crippen LogP) is 4.00. The van der Waals surface area contributed by atoms with Gasteiger partial charge in [0.05, 0.1) is 0 Å². The summed E-state index contributed by atoms with van der Waals surface area (Å²) in [4.78, 5) is 23.5. The molecule has 1 aliphatic rings. The molecule has 3 heteroatoms. The Kier molecular flexibility index (Phi) is 5.20. The lowest BCUT2D eigenvalue weighted by Crippen LogP contribution is -2.35. The van der Waals surface area contributed by atoms with Crippen molar-refractivity contribution >= 4 is 22.7 Å². The van der Waals surface area contributed by atoms with Crippen molar-refractivity contribution in [3.8, 4) is 0 Å². The van der Waals surface area contributed by atoms with Crippen LogP contribution in [0.25, 0.3) is 0 Å². The van der Waals surface area contributed by atoms with E-state index in [0.29, 0.717) is 6.42 Å². The van der Waals surface area contributed by atoms with Gasteiger partial charge >= 0.3 is 0 Å². The maximum atomic E-state index is 12.5. The van der Waals surface area contributed by atoms with Gasteiger partial charge in [0, 0.05) is 24.5 Å². The van der Waals surface area contributed by atoms with E-state index in [2.05, 4.69) is 26.8 Å². The van der Waals surface area contributed by atoms with Gasteiger partial charge in [-0.1, -0.05) is 44.2 Å². The predicted molar refractivity (Wildman–Crippen MR) is 77.6 cm³/mol. The summed E-state index contributed by atoms with van der Waals surface area (Å²) >= 11 is 1.27. The molecule has 1 rings (SSSR count). The van der Waals surface area contributed by atoms with Gasteiger partial charge in [0.2, 0.25) is 0 Å². The molecule has 2 nitrogen and oxygen atoms in total. The van der Waals surface area contributed by atoms with E-state index in [-0.39, 0.29) is 27.5 Å². The van der Waals surface area contributed by atoms with Crippen LogP contribution in [0, 0.1) is 11.3 Å². The second-order valence-corrected chi connectivity index (χ2v) is 7.61. The fourth-order valence-corrected chi connectivity index (χ4v) is 3.78. The Morgan fingerprint density at radius 3 is 2.61 bits per heavy atom. The first-order chi connectivity index (χ1) is 8.24. The molecule has 0 aromatic rings. The third-order valence-electron chi connectivity index (χ3n) is 3.67. The zero-order valence-corrected chi connectivity index (χ0v) is 12.9. The zero-order chi connectivity index (χ0) is 13.9. The molecule has 0 bridgehead atoms. The van der Waals surface area contributed by atoms with Gasteiger partial charge in [0.25, 0.3) is 0 Å². The van der Waals surface area contributed by atoms with E-state index in [1.54, 1.807) is 6.92 Å². The average Bonchev–Trinajstić information content (AvgIpc) is 2.13. The smallest absolute Gasteiger partial charge is 0.186 e. The first kappa shape index (κ1) is 15.5. The Balaban J connectivity index is 2.73. The molecule has 0 spiro atoms. The lowest BCUT2D eigenvalue weighted by molar-refractivity contribution is -0.125. The van der Waals surface area contributed by atoms with Crippen molar-refractivity contribution in [2.45, 2.75) is 59.1 Å². The molecule has 0 amide bonds. The van der Waals surface area contributed by atoms with Crippen molar-refractivity contribution in [2.24, 2.45) is 11.3 Å². The monoisotopic (exact) mass is 268 g/mol. The van der Waals surface area contributed by atoms with Crippen molar-refractivity contribution in [3.05, 3.63) is 11.6 Å². The summed E-state index contributed by atoms with van der Waals surface area (Å²) < 4.78 is 0. The Morgan fingerprint density at radius 1 is 1.50 bits per heavy atom. The number of allylic oxidation sites excluding steroid dienone is 2. The SMILES string of the molecule is CC(=O)SC(C)CC(=O)C1C(C)=CCCC1(C)C. The number of rotatable bonds is 4. The number of Topliss-reactive ketones (excluding diaryl/α,β-unsaturated/α-hetero) is 1. The summed E-state index contributed by atoms with van der Waals surface area (Å²) in [5.41, 5.74) is 1.26. The van der Waals surface area contributed by atoms with Crippen LogP contribution < -0.4 is 0 Å². The highest BCUT2D eigenvalue weighted by Crippen LogP contribution is 2.42. The van der Waals surface area contributed by atoms with Crippen molar-refractivity contribution < 1.29 is 9.59 Å². The molecule has 18 heavy (non-hydrogen) atoms. The van der Waals surface area contributed by atoms with Crippen LogP contribution in [-0.4, -0.2) is 16.1 Å². The topological polar surface area (TPSA) is 34.1 Å². The molecule has 0 heterocycles. The van der Waals surface area contributed by atoms with Crippen LogP contribution in [0.4, 0.5) is 0 Å². The van der Waals surface area contributed by atoms with Crippen LogP contribution in [0.1, 0.15) is 53.9 Å². The summed E-state index contributed by atoms with van der Waals surface area (Å²) in [7, 11) is 0. The van der Waals surface area contributed by atoms with Crippen molar-refractivity contribution in [3.63, 3.8) is 0 Å². The summed E-state index contributed by atoms with van der Waals surface area (Å²) in [6, 6.07) is 0. The first-order valence-corrected chi connectivity index (χ1v) is 7.48. The van der Waals surface area contributed by atoms with Gasteiger partial charge in [-0.3, -0.25) is 9.59 Å². The van der Waals surface area contributed by atoms with E-state index in [0.717, 1.165) is 12.8 Å². The normalized spacial score (nSPS) is 24.3. The molecule has 102 valence electrons. The Hall–Kier alpha value is -0.570. The van der Waals surface area contributed by atoms with Crippen LogP contribution in [-0.2, 0) is 9.59 Å². The van der Waals surface area contributed by atoms with E-state index in [9.17, 15) is 9.59 Å². The van der Waals surface area contributed by atoms with Crippen LogP contribution >= 0.6 is 11.8 Å². The summed E-state index contributed by atoms with van der Waals surface area (Å²) in [6.45, 7) is 9.93. The summed E-state index contributed by atoms with van der Waals surface area (Å²) in [5, 5.41) is 0.172. The fourth-order valence-electron chi connectivity index (χ4n) is 2.97. The lowest BCUT2D eigenvalue weighted by atomic mass is 9.66. The highest BCUT2D eigenvalue weighted by Gasteiger charge is 2.37. The molecule has 0 radical (unpaired) electrons. The summed E-state index contributed by atoms with van der Waals surface area (Å²) in [6.07, 6.45) is 4.81. The van der Waals surface area contributed by atoms with Crippen molar-refractivity contribution in [1.82, 2.24) is 0 Å². The number of hydrogen-bond donors (Lipinski definition) is 0. The summed E-state index contributed by atoms with van der Waals surface area (Å²) in [5.74, 6) is 0.316. The van der Waals surface area contributed by atoms with Crippen LogP contribution in [0.15, 0.2) is 11.6 Å². The molecule has 0 saturated heterocycles. The molecule has 1 aliphatic carbocycles. The van der Waals surface area contributed by atoms with Gasteiger partial charge < -0.3 is 0 Å². The highest BCUT2D eigenvalue weighted by molar-refractivity contribution is 8.14. The molecule has 2 unspecified atom stereocenters. The van der Waals surface area contributed by atoms with E-state index in [1.807, 2.05) is 6.92 Å². The second kappa shape index (κ2) is 6.05. The second-order valence-electron chi connectivity index (χ2n) is 6.00. The maximum absolute atomic E-state index is 12.5. The van der Waals surface area contributed by atoms with Crippen LogP contribution in [0.3, 0.4) is 0 Å². The van der Waals surface area contributed by atoms with E-state index < -0.39 is 0 Å². The molecule has 0 saturated carbocycles. The Bertz CT molecular complexity index is 369. The van der Waals surface area contributed by atoms with E-state index in [4.69, 9.17) is 0 Å². The highest BCUT2D eigenvalue weighted by atomic mass is 32.2. The standard InChI is InChI=1S/C15H24O2S/c1-10-7-6-8-15(4,5)14(10)13(17)9-11(2)18-12(3)16/h7,11,14H,6,8-9H2,1-5H3. The minimum Gasteiger partial charge on any atom is -0.299 e. The molecule has 0 fully saturated rings. The number of thioether (sulfide) groups is 1. The van der Waals surface area contributed by atoms with Crippen molar-refractivity contribution in [1.29, 1.82) is 0 Å². The molecule has 0 aromatic carbocycles. The van der Waals surface area contributed by atoms with Gasteiger partial charge in [-0.25, -0.2) is 0 Å². The molecule has 0 aliphatic heterocycles. The number of hydrogen-bond acceptors (Lipinski definition) is 3. The first-order valence-electron chi connectivity index (χ1n) is 6.60. The molecular weight excluding hydrogens is 244 g/mol. The third-order valence-corrected chi connectivity index (χ3v) is 4.57. The molecule has 0 N–H and O–H groups in total. The number of ketones is 1. The van der Waals surface area contributed by atoms with Gasteiger partial charge in [-0.05, 0) is 25.2 Å². The maximum Gasteiger partial charge on any atom is 0.186 e. The van der Waals surface area contributed by atoms with Gasteiger partial charge in [0.15, 0.2) is 5.12 Å². The van der Waals surface area contributed by atoms with E-state index >= 15 is 0 Å². The van der Waals surface area contributed by atoms with Gasteiger partial charge in [0.1, 0.15) is 5.78 Å². The Labute approximate surface area is 115 Å². The third kappa shape index (κ3) is 3.98. The van der Waals surface area contributed by atoms with Crippen LogP contribution in [0.2, 0.25) is 0 Å². The number of carbonyl (C=O) groups is 2. The average molecular weight is 268 g/mol. The minimum atomic E-state index is 0.0289. The molecule has 0 aromatic heterocycles. The lowest BCUT2D eigenvalue weighted by Gasteiger charge is -2.37. The van der Waals surface area contributed by atoms with Crippen LogP contribution in [0.5, 0.6) is 0 Å². The quantitative estimate of drug-likeness (QED) is 0.723. The van der Waals surface area contributed by atoms with Gasteiger partial charge in [-0.2, -0.15) is 0 Å². The fraction of sp³-hybridized carbons (Fsp3) is 0.733. The zero-order valence-electron chi connectivity index (χ0n) is 12.1. The minimum absolute atomic E-state index is 0.0289. The van der Waals surface area contributed by atoms with Gasteiger partial charge in [-0.15, -0.1) is 0 Å². The molecule has 2 atom stereocenters. The largest absolute Gasteiger partial charge is 0.299 e. The Morgan fingerprint density at radius 2 is 2.11 bits per heavy atom. The van der Waals surface area contributed by atoms with Crippen molar-refractivity contribution in [2.75, 3.05) is 0 Å².